The maximum Gasteiger partial charge on any atom is 0.305 e. The first-order valence-electron chi connectivity index (χ1n) is 24.7. The van der Waals surface area contributed by atoms with E-state index in [1.165, 1.54) is 116 Å². The van der Waals surface area contributed by atoms with Crippen molar-refractivity contribution in [1.29, 1.82) is 0 Å². The third-order valence-electron chi connectivity index (χ3n) is 12.4. The van der Waals surface area contributed by atoms with Crippen LogP contribution in [0.2, 0.25) is 0 Å². The van der Waals surface area contributed by atoms with Gasteiger partial charge in [0.15, 0.2) is 18.9 Å². The molecule has 0 bridgehead atoms. The summed E-state index contributed by atoms with van der Waals surface area (Å²) in [5.74, 6) is -0.855. The van der Waals surface area contributed by atoms with Gasteiger partial charge < -0.3 is 63.8 Å². The molecule has 15 nitrogen and oxygen atoms in total. The SMILES string of the molecule is CCCCCCCCCCCCCCCC(=O)OC[C@H]1O[C@H](OC[C@H]2O[C@H](O)[C@@H](O)[C@@H]2O[C@H]2O[C@H](COC(=O)CCCCCCCCCCCCCCC)[C@@H](O)[C@@H]2O)[C@@H](O)[C@@H]1O. The number of hydrogen-bond acceptors (Lipinski definition) is 15. The summed E-state index contributed by atoms with van der Waals surface area (Å²) >= 11 is 0. The van der Waals surface area contributed by atoms with Gasteiger partial charge in [-0.05, 0) is 12.8 Å². The number of carbonyl (C=O) groups is 2. The molecule has 15 heteroatoms. The monoisotopic (exact) mass is 891 g/mol. The highest BCUT2D eigenvalue weighted by molar-refractivity contribution is 5.69. The van der Waals surface area contributed by atoms with E-state index in [9.17, 15) is 40.2 Å². The minimum atomic E-state index is -1.69. The molecule has 364 valence electrons. The van der Waals surface area contributed by atoms with Gasteiger partial charge in [0.1, 0.15) is 68.1 Å². The van der Waals surface area contributed by atoms with Gasteiger partial charge in [-0.2, -0.15) is 0 Å². The lowest BCUT2D eigenvalue weighted by molar-refractivity contribution is -0.228. The summed E-state index contributed by atoms with van der Waals surface area (Å²) in [6.07, 6.45) is 14.8. The summed E-state index contributed by atoms with van der Waals surface area (Å²) in [6, 6.07) is 0. The van der Waals surface area contributed by atoms with Crippen LogP contribution < -0.4 is 0 Å². The molecule has 0 aromatic heterocycles. The molecule has 3 aliphatic rings. The van der Waals surface area contributed by atoms with Gasteiger partial charge >= 0.3 is 11.9 Å². The number of carbonyl (C=O) groups excluding carboxylic acids is 2. The van der Waals surface area contributed by atoms with Gasteiger partial charge in [-0.3, -0.25) is 9.59 Å². The van der Waals surface area contributed by atoms with Crippen LogP contribution in [0.5, 0.6) is 0 Å². The average molecular weight is 891 g/mol. The van der Waals surface area contributed by atoms with Gasteiger partial charge in [0.05, 0.1) is 6.61 Å². The van der Waals surface area contributed by atoms with Crippen LogP contribution in [0.1, 0.15) is 194 Å². The van der Waals surface area contributed by atoms with E-state index in [4.69, 9.17) is 33.2 Å². The summed E-state index contributed by atoms with van der Waals surface area (Å²) in [4.78, 5) is 24.8. The summed E-state index contributed by atoms with van der Waals surface area (Å²) < 4.78 is 38.8. The standard InChI is InChI=1S/C47H86O15/c1-3-5-7-9-11-13-15-17-19-21-23-25-27-29-37(48)56-31-34-39(50)41(52)46(60-34)58-33-36-44(43(54)45(55)59-36)62-47-42(53)40(51)35(61-47)32-57-38(49)30-28-26-24-22-20-18-16-14-12-10-8-6-4-2/h34-36,39-47,50-55H,3-33H2,1-2H3/t34-,35-,36-,39-,40-,41+,42+,43+,44-,45+,46+,47-/m1/s1. The molecule has 3 fully saturated rings. The van der Waals surface area contributed by atoms with Crippen LogP contribution in [0, 0.1) is 0 Å². The zero-order valence-corrected chi connectivity index (χ0v) is 38.2. The Labute approximate surface area is 371 Å². The van der Waals surface area contributed by atoms with E-state index in [2.05, 4.69) is 13.8 Å². The molecular formula is C47H86O15. The summed E-state index contributed by atoms with van der Waals surface area (Å²) in [7, 11) is 0. The van der Waals surface area contributed by atoms with E-state index < -0.39 is 92.4 Å². The number of hydrogen-bond donors (Lipinski definition) is 6. The van der Waals surface area contributed by atoms with Crippen molar-refractivity contribution in [3.63, 3.8) is 0 Å². The van der Waals surface area contributed by atoms with Crippen LogP contribution in [-0.4, -0.2) is 136 Å². The van der Waals surface area contributed by atoms with Crippen LogP contribution >= 0.6 is 0 Å². The largest absolute Gasteiger partial charge is 0.463 e. The average Bonchev–Trinajstić information content (AvgIpc) is 3.81. The first kappa shape index (κ1) is 54.8. The van der Waals surface area contributed by atoms with Gasteiger partial charge in [0.25, 0.3) is 0 Å². The lowest BCUT2D eigenvalue weighted by Gasteiger charge is -2.26. The molecule has 0 radical (unpaired) electrons. The number of ether oxygens (including phenoxy) is 7. The molecule has 12 atom stereocenters. The Bertz CT molecular complexity index is 1150. The number of aliphatic hydroxyl groups is 6. The Hall–Kier alpha value is -1.50. The molecule has 3 saturated heterocycles. The second kappa shape index (κ2) is 33.0. The first-order chi connectivity index (χ1) is 30.1. The van der Waals surface area contributed by atoms with Gasteiger partial charge in [-0.1, -0.05) is 168 Å². The molecule has 0 aromatic rings. The Balaban J connectivity index is 1.27. The Morgan fingerprint density at radius 3 is 1.16 bits per heavy atom. The van der Waals surface area contributed by atoms with Crippen molar-refractivity contribution in [2.24, 2.45) is 0 Å². The van der Waals surface area contributed by atoms with Crippen LogP contribution in [-0.2, 0) is 42.7 Å². The maximum atomic E-state index is 12.4. The molecule has 0 amide bonds. The fraction of sp³-hybridized carbons (Fsp3) is 0.957. The maximum absolute atomic E-state index is 12.4. The zero-order valence-electron chi connectivity index (χ0n) is 38.2. The topological polar surface area (TPSA) is 220 Å². The quantitative estimate of drug-likeness (QED) is 0.0293. The summed E-state index contributed by atoms with van der Waals surface area (Å²) in [6.45, 7) is 3.47. The number of aliphatic hydroxyl groups excluding tert-OH is 6. The minimum absolute atomic E-state index is 0.232. The zero-order chi connectivity index (χ0) is 45.0. The van der Waals surface area contributed by atoms with Crippen molar-refractivity contribution in [3.8, 4) is 0 Å². The highest BCUT2D eigenvalue weighted by Crippen LogP contribution is 2.31. The molecule has 6 N–H and O–H groups in total. The molecule has 0 unspecified atom stereocenters. The van der Waals surface area contributed by atoms with Gasteiger partial charge in [-0.25, -0.2) is 0 Å². The summed E-state index contributed by atoms with van der Waals surface area (Å²) in [5.41, 5.74) is 0. The highest BCUT2D eigenvalue weighted by Gasteiger charge is 2.51. The van der Waals surface area contributed by atoms with E-state index in [1.807, 2.05) is 0 Å². The predicted octanol–water partition coefficient (Wildman–Crippen LogP) is 6.41. The van der Waals surface area contributed by atoms with Gasteiger partial charge in [-0.15, -0.1) is 0 Å². The molecule has 0 saturated carbocycles. The predicted molar refractivity (Wildman–Crippen MR) is 232 cm³/mol. The Morgan fingerprint density at radius 2 is 0.758 bits per heavy atom. The lowest BCUT2D eigenvalue weighted by Crippen LogP contribution is -2.44. The fourth-order valence-corrected chi connectivity index (χ4v) is 8.39. The fourth-order valence-electron chi connectivity index (χ4n) is 8.39. The molecule has 0 aromatic carbocycles. The Morgan fingerprint density at radius 1 is 0.403 bits per heavy atom. The van der Waals surface area contributed by atoms with Crippen LogP contribution in [0.4, 0.5) is 0 Å². The molecule has 62 heavy (non-hydrogen) atoms. The second-order valence-electron chi connectivity index (χ2n) is 17.9. The minimum Gasteiger partial charge on any atom is -0.463 e. The van der Waals surface area contributed by atoms with Crippen LogP contribution in [0.15, 0.2) is 0 Å². The Kier molecular flexibility index (Phi) is 29.2. The molecule has 0 aliphatic carbocycles. The summed E-state index contributed by atoms with van der Waals surface area (Å²) in [5, 5.41) is 63.3. The van der Waals surface area contributed by atoms with Crippen molar-refractivity contribution in [3.05, 3.63) is 0 Å². The third-order valence-corrected chi connectivity index (χ3v) is 12.4. The highest BCUT2D eigenvalue weighted by atomic mass is 16.8. The van der Waals surface area contributed by atoms with E-state index >= 15 is 0 Å². The molecule has 3 heterocycles. The second-order valence-corrected chi connectivity index (χ2v) is 17.9. The lowest BCUT2D eigenvalue weighted by atomic mass is 10.0. The van der Waals surface area contributed by atoms with Crippen molar-refractivity contribution in [2.75, 3.05) is 19.8 Å². The molecular weight excluding hydrogens is 805 g/mol. The van der Waals surface area contributed by atoms with Crippen molar-refractivity contribution < 1.29 is 73.4 Å². The van der Waals surface area contributed by atoms with Crippen LogP contribution in [0.3, 0.4) is 0 Å². The molecule has 3 rings (SSSR count). The van der Waals surface area contributed by atoms with Crippen molar-refractivity contribution in [2.45, 2.75) is 267 Å². The van der Waals surface area contributed by atoms with E-state index in [0.29, 0.717) is 12.8 Å². The normalized spacial score (nSPS) is 29.7. The van der Waals surface area contributed by atoms with Crippen molar-refractivity contribution in [1.82, 2.24) is 0 Å². The molecule has 3 aliphatic heterocycles. The van der Waals surface area contributed by atoms with Crippen molar-refractivity contribution >= 4 is 11.9 Å². The molecule has 0 spiro atoms. The number of esters is 2. The number of rotatable bonds is 37. The number of unbranched alkanes of at least 4 members (excludes halogenated alkanes) is 24. The van der Waals surface area contributed by atoms with Gasteiger partial charge in [0.2, 0.25) is 0 Å². The van der Waals surface area contributed by atoms with E-state index in [1.54, 1.807) is 0 Å². The van der Waals surface area contributed by atoms with E-state index in [-0.39, 0.29) is 26.1 Å². The van der Waals surface area contributed by atoms with Gasteiger partial charge in [0, 0.05) is 12.8 Å². The van der Waals surface area contributed by atoms with E-state index in [0.717, 1.165) is 38.5 Å². The third kappa shape index (κ3) is 21.2. The first-order valence-corrected chi connectivity index (χ1v) is 24.7. The smallest absolute Gasteiger partial charge is 0.305 e. The van der Waals surface area contributed by atoms with Crippen LogP contribution in [0.25, 0.3) is 0 Å².